The molecule has 0 aromatic heterocycles. The lowest BCUT2D eigenvalue weighted by Gasteiger charge is -2.28. The summed E-state index contributed by atoms with van der Waals surface area (Å²) < 4.78 is 0. The summed E-state index contributed by atoms with van der Waals surface area (Å²) >= 11 is 0. The van der Waals surface area contributed by atoms with Crippen LogP contribution in [0.5, 0.6) is 0 Å². The minimum Gasteiger partial charge on any atom is -0.369 e. The Morgan fingerprint density at radius 3 is 2.75 bits per heavy atom. The SMILES string of the molecule is Cc1cccc(CN2Cc3ccccc3N=C2N)c1.Cl. The van der Waals surface area contributed by atoms with E-state index < -0.39 is 0 Å². The highest BCUT2D eigenvalue weighted by Gasteiger charge is 2.17. The molecule has 20 heavy (non-hydrogen) atoms. The quantitative estimate of drug-likeness (QED) is 0.920. The van der Waals surface area contributed by atoms with Gasteiger partial charge in [-0.2, -0.15) is 0 Å². The Labute approximate surface area is 125 Å². The van der Waals surface area contributed by atoms with E-state index in [1.807, 2.05) is 18.2 Å². The minimum atomic E-state index is 0. The van der Waals surface area contributed by atoms with Gasteiger partial charge in [0.1, 0.15) is 0 Å². The molecular weight excluding hydrogens is 270 g/mol. The molecule has 104 valence electrons. The summed E-state index contributed by atoms with van der Waals surface area (Å²) in [5.41, 5.74) is 10.8. The molecule has 1 aliphatic rings. The molecule has 0 fully saturated rings. The average Bonchev–Trinajstić information content (AvgIpc) is 2.40. The molecule has 0 bridgehead atoms. The van der Waals surface area contributed by atoms with Crippen LogP contribution in [-0.4, -0.2) is 10.9 Å². The molecule has 2 aromatic rings. The number of aryl methyl sites for hydroxylation is 1. The van der Waals surface area contributed by atoms with Crippen LogP contribution in [0.4, 0.5) is 5.69 Å². The largest absolute Gasteiger partial charge is 0.369 e. The van der Waals surface area contributed by atoms with Crippen LogP contribution < -0.4 is 5.73 Å². The number of benzene rings is 2. The first kappa shape index (κ1) is 14.4. The summed E-state index contributed by atoms with van der Waals surface area (Å²) in [7, 11) is 0. The van der Waals surface area contributed by atoms with Crippen molar-refractivity contribution < 1.29 is 0 Å². The molecule has 3 rings (SSSR count). The zero-order chi connectivity index (χ0) is 13.2. The second kappa shape index (κ2) is 5.97. The standard InChI is InChI=1S/C16H17N3.ClH/c1-12-5-4-6-13(9-12)10-19-11-14-7-2-3-8-15(14)18-16(19)17;/h2-9H,10-11H2,1H3,(H2,17,18);1H. The fourth-order valence-corrected chi connectivity index (χ4v) is 2.40. The van der Waals surface area contributed by atoms with E-state index in [0.29, 0.717) is 5.96 Å². The van der Waals surface area contributed by atoms with Crippen molar-refractivity contribution in [1.82, 2.24) is 4.90 Å². The lowest BCUT2D eigenvalue weighted by molar-refractivity contribution is 0.396. The van der Waals surface area contributed by atoms with E-state index in [2.05, 4.69) is 47.1 Å². The molecule has 0 saturated heterocycles. The summed E-state index contributed by atoms with van der Waals surface area (Å²) in [6, 6.07) is 16.6. The number of aliphatic imine (C=N–C) groups is 1. The molecular formula is C16H18ClN3. The summed E-state index contributed by atoms with van der Waals surface area (Å²) in [5, 5.41) is 0. The van der Waals surface area contributed by atoms with Gasteiger partial charge in [0.05, 0.1) is 5.69 Å². The first-order valence-electron chi connectivity index (χ1n) is 6.45. The zero-order valence-electron chi connectivity index (χ0n) is 11.4. The number of guanidine groups is 1. The molecule has 2 aromatic carbocycles. The van der Waals surface area contributed by atoms with Gasteiger partial charge in [0.25, 0.3) is 0 Å². The second-order valence-corrected chi connectivity index (χ2v) is 4.94. The first-order valence-corrected chi connectivity index (χ1v) is 6.45. The zero-order valence-corrected chi connectivity index (χ0v) is 12.2. The maximum atomic E-state index is 6.06. The Hall–Kier alpha value is -2.00. The van der Waals surface area contributed by atoms with Crippen LogP contribution in [0.25, 0.3) is 0 Å². The third-order valence-corrected chi connectivity index (χ3v) is 3.37. The van der Waals surface area contributed by atoms with E-state index >= 15 is 0 Å². The third kappa shape index (κ3) is 2.94. The van der Waals surface area contributed by atoms with E-state index in [1.165, 1.54) is 16.7 Å². The van der Waals surface area contributed by atoms with Crippen molar-refractivity contribution in [3.8, 4) is 0 Å². The highest BCUT2D eigenvalue weighted by atomic mass is 35.5. The van der Waals surface area contributed by atoms with Crippen LogP contribution in [0.2, 0.25) is 0 Å². The number of hydrogen-bond acceptors (Lipinski definition) is 3. The van der Waals surface area contributed by atoms with Crippen LogP contribution in [0, 0.1) is 6.92 Å². The van der Waals surface area contributed by atoms with Crippen LogP contribution >= 0.6 is 12.4 Å². The van der Waals surface area contributed by atoms with Crippen LogP contribution in [0.3, 0.4) is 0 Å². The molecule has 3 nitrogen and oxygen atoms in total. The summed E-state index contributed by atoms with van der Waals surface area (Å²) in [6.07, 6.45) is 0. The number of nitrogens with zero attached hydrogens (tertiary/aromatic N) is 2. The van der Waals surface area contributed by atoms with Gasteiger partial charge in [-0.05, 0) is 24.1 Å². The summed E-state index contributed by atoms with van der Waals surface area (Å²) in [5.74, 6) is 0.597. The Morgan fingerprint density at radius 1 is 1.15 bits per heavy atom. The van der Waals surface area contributed by atoms with E-state index in [-0.39, 0.29) is 12.4 Å². The lowest BCUT2D eigenvalue weighted by atomic mass is 10.1. The predicted molar refractivity (Wildman–Crippen MR) is 85.4 cm³/mol. The van der Waals surface area contributed by atoms with Gasteiger partial charge in [0, 0.05) is 13.1 Å². The highest BCUT2D eigenvalue weighted by molar-refractivity contribution is 5.85. The molecule has 1 aliphatic heterocycles. The van der Waals surface area contributed by atoms with Gasteiger partial charge in [0.15, 0.2) is 5.96 Å². The van der Waals surface area contributed by atoms with Gasteiger partial charge in [-0.25, -0.2) is 4.99 Å². The molecule has 0 atom stereocenters. The topological polar surface area (TPSA) is 41.6 Å². The van der Waals surface area contributed by atoms with Crippen molar-refractivity contribution in [2.24, 2.45) is 10.7 Å². The smallest absolute Gasteiger partial charge is 0.197 e. The van der Waals surface area contributed by atoms with Gasteiger partial charge < -0.3 is 10.6 Å². The monoisotopic (exact) mass is 287 g/mol. The molecule has 1 heterocycles. The Morgan fingerprint density at radius 2 is 1.95 bits per heavy atom. The van der Waals surface area contributed by atoms with Crippen molar-refractivity contribution >= 4 is 24.1 Å². The summed E-state index contributed by atoms with van der Waals surface area (Å²) in [4.78, 5) is 6.57. The Balaban J connectivity index is 0.00000147. The molecule has 0 spiro atoms. The predicted octanol–water partition coefficient (Wildman–Crippen LogP) is 3.38. The van der Waals surface area contributed by atoms with Crippen LogP contribution in [0.1, 0.15) is 16.7 Å². The van der Waals surface area contributed by atoms with Crippen molar-refractivity contribution in [3.63, 3.8) is 0 Å². The lowest BCUT2D eigenvalue weighted by Crippen LogP contribution is -2.38. The number of halogens is 1. The number of fused-ring (bicyclic) bond motifs is 1. The van der Waals surface area contributed by atoms with Crippen LogP contribution in [-0.2, 0) is 13.1 Å². The normalized spacial score (nSPS) is 13.2. The molecule has 0 radical (unpaired) electrons. The molecule has 4 heteroatoms. The Bertz CT molecular complexity index is 637. The van der Waals surface area contributed by atoms with Gasteiger partial charge in [-0.3, -0.25) is 0 Å². The van der Waals surface area contributed by atoms with Gasteiger partial charge in [-0.1, -0.05) is 48.0 Å². The Kier molecular flexibility index (Phi) is 4.30. The van der Waals surface area contributed by atoms with Crippen molar-refractivity contribution in [2.45, 2.75) is 20.0 Å². The van der Waals surface area contributed by atoms with Crippen LogP contribution in [0.15, 0.2) is 53.5 Å². The minimum absolute atomic E-state index is 0. The fraction of sp³-hybridized carbons (Fsp3) is 0.188. The number of nitrogens with two attached hydrogens (primary N) is 1. The van der Waals surface area contributed by atoms with Crippen molar-refractivity contribution in [2.75, 3.05) is 0 Å². The van der Waals surface area contributed by atoms with Gasteiger partial charge in [-0.15, -0.1) is 12.4 Å². The van der Waals surface area contributed by atoms with Crippen molar-refractivity contribution in [1.29, 1.82) is 0 Å². The first-order chi connectivity index (χ1) is 9.22. The number of para-hydroxylation sites is 1. The third-order valence-electron chi connectivity index (χ3n) is 3.37. The molecule has 2 N–H and O–H groups in total. The molecule has 0 saturated carbocycles. The maximum Gasteiger partial charge on any atom is 0.197 e. The highest BCUT2D eigenvalue weighted by Crippen LogP contribution is 2.25. The van der Waals surface area contributed by atoms with Crippen molar-refractivity contribution in [3.05, 3.63) is 65.2 Å². The van der Waals surface area contributed by atoms with Gasteiger partial charge >= 0.3 is 0 Å². The van der Waals surface area contributed by atoms with E-state index in [9.17, 15) is 0 Å². The fourth-order valence-electron chi connectivity index (χ4n) is 2.40. The number of hydrogen-bond donors (Lipinski definition) is 1. The molecule has 0 amide bonds. The average molecular weight is 288 g/mol. The molecule has 0 unspecified atom stereocenters. The van der Waals surface area contributed by atoms with E-state index in [1.54, 1.807) is 0 Å². The van der Waals surface area contributed by atoms with E-state index in [0.717, 1.165) is 18.8 Å². The molecule has 0 aliphatic carbocycles. The number of rotatable bonds is 2. The van der Waals surface area contributed by atoms with Gasteiger partial charge in [0.2, 0.25) is 0 Å². The maximum absolute atomic E-state index is 6.06. The van der Waals surface area contributed by atoms with E-state index in [4.69, 9.17) is 5.73 Å². The summed E-state index contributed by atoms with van der Waals surface area (Å²) in [6.45, 7) is 3.72. The second-order valence-electron chi connectivity index (χ2n) is 4.94.